The summed E-state index contributed by atoms with van der Waals surface area (Å²) in [6.45, 7) is 1.81. The van der Waals surface area contributed by atoms with Gasteiger partial charge in [0.25, 0.3) is 16.0 Å². The average molecular weight is 395 g/mol. The number of benzene rings is 1. The Labute approximate surface area is 156 Å². The molecule has 6 N–H and O–H groups in total. The zero-order valence-electron chi connectivity index (χ0n) is 14.8. The molecule has 10 nitrogen and oxygen atoms in total. The molecule has 1 aromatic heterocycles. The second kappa shape index (κ2) is 9.50. The van der Waals surface area contributed by atoms with Crippen molar-refractivity contribution in [3.63, 3.8) is 0 Å². The van der Waals surface area contributed by atoms with Gasteiger partial charge in [-0.15, -0.1) is 0 Å². The van der Waals surface area contributed by atoms with Crippen molar-refractivity contribution < 1.29 is 22.6 Å². The van der Waals surface area contributed by atoms with E-state index in [1.54, 1.807) is 18.2 Å². The number of hydrogen-bond donors (Lipinski definition) is 4. The molecule has 2 aromatic rings. The van der Waals surface area contributed by atoms with Crippen molar-refractivity contribution in [2.45, 2.75) is 13.5 Å². The van der Waals surface area contributed by atoms with Crippen molar-refractivity contribution in [3.05, 3.63) is 53.9 Å². The fourth-order valence-electron chi connectivity index (χ4n) is 1.98. The molecule has 1 aromatic carbocycles. The van der Waals surface area contributed by atoms with Gasteiger partial charge in [0, 0.05) is 31.4 Å². The summed E-state index contributed by atoms with van der Waals surface area (Å²) in [5.74, 6) is -0.923. The number of amides is 2. The zero-order valence-corrected chi connectivity index (χ0v) is 15.6. The van der Waals surface area contributed by atoms with Gasteiger partial charge >= 0.3 is 0 Å². The van der Waals surface area contributed by atoms with Crippen LogP contribution in [0.15, 0.2) is 47.7 Å². The van der Waals surface area contributed by atoms with Crippen LogP contribution < -0.4 is 16.8 Å². The number of nitrogens with two attached hydrogens (primary N) is 2. The van der Waals surface area contributed by atoms with Gasteiger partial charge in [-0.25, -0.2) is 0 Å². The van der Waals surface area contributed by atoms with Crippen LogP contribution in [0.2, 0.25) is 0 Å². The van der Waals surface area contributed by atoms with Crippen LogP contribution in [0.5, 0.6) is 0 Å². The largest absolute Gasteiger partial charge is 0.370 e. The van der Waals surface area contributed by atoms with Crippen molar-refractivity contribution in [1.29, 1.82) is 0 Å². The van der Waals surface area contributed by atoms with Crippen molar-refractivity contribution in [2.75, 3.05) is 6.26 Å². The van der Waals surface area contributed by atoms with Crippen LogP contribution in [-0.4, -0.2) is 41.6 Å². The third kappa shape index (κ3) is 8.65. The first-order chi connectivity index (χ1) is 12.5. The maximum atomic E-state index is 11.9. The minimum Gasteiger partial charge on any atom is -0.370 e. The fourth-order valence-corrected chi connectivity index (χ4v) is 1.98. The Hall–Kier alpha value is -3.18. The Morgan fingerprint density at radius 2 is 1.78 bits per heavy atom. The van der Waals surface area contributed by atoms with Crippen LogP contribution in [-0.2, 0) is 21.5 Å². The molecule has 0 aliphatic heterocycles. The fraction of sp³-hybridized carbons (Fsp3) is 0.188. The van der Waals surface area contributed by atoms with Gasteiger partial charge in [-0.1, -0.05) is 6.07 Å². The predicted octanol–water partition coefficient (Wildman–Crippen LogP) is 0.0310. The van der Waals surface area contributed by atoms with E-state index in [1.165, 1.54) is 6.92 Å². The molecule has 0 aliphatic rings. The highest BCUT2D eigenvalue weighted by Gasteiger charge is 2.11. The molecule has 2 amide bonds. The molecule has 0 saturated carbocycles. The minimum absolute atomic E-state index is 0.126. The van der Waals surface area contributed by atoms with Gasteiger partial charge in [0.05, 0.1) is 11.9 Å². The lowest BCUT2D eigenvalue weighted by atomic mass is 10.1. The van der Waals surface area contributed by atoms with E-state index < -0.39 is 16.0 Å². The average Bonchev–Trinajstić information content (AvgIpc) is 3.04. The monoisotopic (exact) mass is 395 g/mol. The zero-order chi connectivity index (χ0) is 20.6. The van der Waals surface area contributed by atoms with Crippen molar-refractivity contribution in [1.82, 2.24) is 9.88 Å². The molecule has 0 unspecified atom stereocenters. The van der Waals surface area contributed by atoms with E-state index in [1.807, 2.05) is 29.1 Å². The molecule has 2 rings (SSSR count). The Bertz CT molecular complexity index is 924. The highest BCUT2D eigenvalue weighted by Crippen LogP contribution is 2.18. The smallest absolute Gasteiger partial charge is 0.280 e. The van der Waals surface area contributed by atoms with Crippen molar-refractivity contribution >= 4 is 27.9 Å². The van der Waals surface area contributed by atoms with Gasteiger partial charge in [0.15, 0.2) is 5.96 Å². The summed E-state index contributed by atoms with van der Waals surface area (Å²) >= 11 is 0. The summed E-state index contributed by atoms with van der Waals surface area (Å²) in [6.07, 6.45) is 4.41. The number of guanidine groups is 1. The van der Waals surface area contributed by atoms with E-state index in [0.717, 1.165) is 11.3 Å². The topological polar surface area (TPSA) is 170 Å². The molecule has 0 saturated heterocycles. The van der Waals surface area contributed by atoms with E-state index in [9.17, 15) is 18.0 Å². The summed E-state index contributed by atoms with van der Waals surface area (Å²) in [6, 6.07) is 8.81. The number of carbonyl (C=O) groups is 2. The third-order valence-electron chi connectivity index (χ3n) is 2.97. The number of hydrogen-bond acceptors (Lipinski definition) is 4. The lowest BCUT2D eigenvalue weighted by Crippen LogP contribution is -2.24. The van der Waals surface area contributed by atoms with Crippen LogP contribution in [0.25, 0.3) is 5.69 Å². The van der Waals surface area contributed by atoms with E-state index >= 15 is 0 Å². The molecule has 0 fully saturated rings. The highest BCUT2D eigenvalue weighted by molar-refractivity contribution is 7.85. The maximum Gasteiger partial charge on any atom is 0.280 e. The van der Waals surface area contributed by atoms with E-state index in [4.69, 9.17) is 16.0 Å². The van der Waals surface area contributed by atoms with Crippen LogP contribution >= 0.6 is 0 Å². The maximum absolute atomic E-state index is 11.9. The summed E-state index contributed by atoms with van der Waals surface area (Å²) < 4.78 is 27.7. The number of nitrogens with one attached hydrogen (secondary N) is 1. The van der Waals surface area contributed by atoms with Crippen LogP contribution in [0.4, 0.5) is 0 Å². The number of rotatable bonds is 4. The lowest BCUT2D eigenvalue weighted by molar-refractivity contribution is -0.119. The molecule has 0 bridgehead atoms. The summed E-state index contributed by atoms with van der Waals surface area (Å²) in [7, 11) is -3.67. The Balaban J connectivity index is 0.000000646. The molecule has 146 valence electrons. The SMILES string of the molecule is CC(=O)NCc1ccc(C(=O)N=C(N)N)cc1-n1cccc1.CS(=O)(=O)O. The molecule has 0 radical (unpaired) electrons. The predicted molar refractivity (Wildman–Crippen MR) is 101 cm³/mol. The molecular formula is C16H21N5O5S. The number of aromatic nitrogens is 1. The number of carbonyl (C=O) groups excluding carboxylic acids is 2. The van der Waals surface area contributed by atoms with Gasteiger partial charge in [-0.2, -0.15) is 13.4 Å². The number of nitrogens with zero attached hydrogens (tertiary/aromatic N) is 2. The first-order valence-electron chi connectivity index (χ1n) is 7.54. The van der Waals surface area contributed by atoms with Gasteiger partial charge in [-0.3, -0.25) is 14.1 Å². The lowest BCUT2D eigenvalue weighted by Gasteiger charge is -2.12. The van der Waals surface area contributed by atoms with E-state index in [2.05, 4.69) is 10.3 Å². The summed E-state index contributed by atoms with van der Waals surface area (Å²) in [5, 5.41) is 2.74. The van der Waals surface area contributed by atoms with Gasteiger partial charge in [0.2, 0.25) is 5.91 Å². The second-order valence-corrected chi connectivity index (χ2v) is 6.88. The van der Waals surface area contributed by atoms with E-state index in [-0.39, 0.29) is 11.9 Å². The van der Waals surface area contributed by atoms with Crippen LogP contribution in [0.1, 0.15) is 22.8 Å². The van der Waals surface area contributed by atoms with Gasteiger partial charge in [0.1, 0.15) is 0 Å². The molecule has 0 atom stereocenters. The number of aliphatic imine (C=N–C) groups is 1. The Kier molecular flexibility index (Phi) is 7.69. The molecule has 1 heterocycles. The first kappa shape index (κ1) is 21.9. The molecule has 11 heteroatoms. The highest BCUT2D eigenvalue weighted by atomic mass is 32.2. The van der Waals surface area contributed by atoms with E-state index in [0.29, 0.717) is 18.4 Å². The summed E-state index contributed by atoms with van der Waals surface area (Å²) in [5.41, 5.74) is 12.5. The van der Waals surface area contributed by atoms with Crippen molar-refractivity contribution in [3.8, 4) is 5.69 Å². The van der Waals surface area contributed by atoms with Gasteiger partial charge in [-0.05, 0) is 29.8 Å². The minimum atomic E-state index is -3.67. The normalized spacial score (nSPS) is 10.3. The molecule has 0 spiro atoms. The van der Waals surface area contributed by atoms with Crippen molar-refractivity contribution in [2.24, 2.45) is 16.5 Å². The third-order valence-corrected chi connectivity index (χ3v) is 2.97. The second-order valence-electron chi connectivity index (χ2n) is 5.42. The molecule has 27 heavy (non-hydrogen) atoms. The van der Waals surface area contributed by atoms with Crippen LogP contribution in [0.3, 0.4) is 0 Å². The quantitative estimate of drug-likeness (QED) is 0.321. The van der Waals surface area contributed by atoms with Crippen LogP contribution in [0, 0.1) is 0 Å². The summed E-state index contributed by atoms with van der Waals surface area (Å²) in [4.78, 5) is 26.5. The Morgan fingerprint density at radius 3 is 2.26 bits per heavy atom. The standard InChI is InChI=1S/C15H17N5O2.CH4O3S/c1-10(21)18-9-12-5-4-11(14(22)19-15(16)17)8-13(12)20-6-2-3-7-20;1-5(2,3)4/h2-8H,9H2,1H3,(H,18,21)(H4,16,17,19,22);1H3,(H,2,3,4). The molecule has 0 aliphatic carbocycles. The Morgan fingerprint density at radius 1 is 1.22 bits per heavy atom. The van der Waals surface area contributed by atoms with Gasteiger partial charge < -0.3 is 21.4 Å². The molecular weight excluding hydrogens is 374 g/mol. The first-order valence-corrected chi connectivity index (χ1v) is 9.39.